The summed E-state index contributed by atoms with van der Waals surface area (Å²) in [5.41, 5.74) is 3.97. The zero-order valence-electron chi connectivity index (χ0n) is 15.1. The Bertz CT molecular complexity index is 822. The number of benzene rings is 1. The van der Waals surface area contributed by atoms with Crippen LogP contribution in [0.5, 0.6) is 0 Å². The van der Waals surface area contributed by atoms with Gasteiger partial charge in [-0.2, -0.15) is 0 Å². The molecule has 0 spiro atoms. The SMILES string of the molecule is CCn1c(C)cc(C(=O)Nc2ccc(CC(=O)NCC(=O)O)cc2)c1C. The Hall–Kier alpha value is -3.09. The van der Waals surface area contributed by atoms with Crippen molar-refractivity contribution in [2.45, 2.75) is 33.7 Å². The predicted octanol–water partition coefficient (Wildman–Crippen LogP) is 2.12. The molecule has 3 N–H and O–H groups in total. The number of anilines is 1. The normalized spacial score (nSPS) is 10.4. The quantitative estimate of drug-likeness (QED) is 0.706. The Kier molecular flexibility index (Phi) is 6.16. The molecule has 0 aliphatic rings. The number of nitrogens with one attached hydrogen (secondary N) is 2. The zero-order valence-corrected chi connectivity index (χ0v) is 15.1. The molecular formula is C19H23N3O4. The molecule has 7 nitrogen and oxygen atoms in total. The van der Waals surface area contributed by atoms with Gasteiger partial charge in [-0.25, -0.2) is 0 Å². The summed E-state index contributed by atoms with van der Waals surface area (Å²) in [4.78, 5) is 34.5. The molecule has 7 heteroatoms. The number of hydrogen-bond acceptors (Lipinski definition) is 3. The summed E-state index contributed by atoms with van der Waals surface area (Å²) in [7, 11) is 0. The number of aromatic nitrogens is 1. The van der Waals surface area contributed by atoms with E-state index in [4.69, 9.17) is 5.11 Å². The summed E-state index contributed by atoms with van der Waals surface area (Å²) in [6, 6.07) is 8.76. The highest BCUT2D eigenvalue weighted by molar-refractivity contribution is 6.05. The van der Waals surface area contributed by atoms with E-state index in [1.165, 1.54) is 0 Å². The number of carboxylic acids is 1. The van der Waals surface area contributed by atoms with E-state index in [1.807, 2.05) is 26.8 Å². The molecule has 1 heterocycles. The van der Waals surface area contributed by atoms with Gasteiger partial charge in [-0.15, -0.1) is 0 Å². The number of aryl methyl sites for hydroxylation is 1. The number of amides is 2. The molecule has 0 saturated heterocycles. The molecule has 26 heavy (non-hydrogen) atoms. The molecule has 0 aliphatic heterocycles. The summed E-state index contributed by atoms with van der Waals surface area (Å²) >= 11 is 0. The van der Waals surface area contributed by atoms with Crippen molar-refractivity contribution in [2.75, 3.05) is 11.9 Å². The van der Waals surface area contributed by atoms with Crippen LogP contribution in [0.25, 0.3) is 0 Å². The largest absolute Gasteiger partial charge is 0.480 e. The van der Waals surface area contributed by atoms with E-state index < -0.39 is 12.5 Å². The van der Waals surface area contributed by atoms with E-state index in [2.05, 4.69) is 15.2 Å². The van der Waals surface area contributed by atoms with Gasteiger partial charge < -0.3 is 20.3 Å². The fourth-order valence-electron chi connectivity index (χ4n) is 2.84. The highest BCUT2D eigenvalue weighted by Crippen LogP contribution is 2.17. The van der Waals surface area contributed by atoms with Gasteiger partial charge in [-0.05, 0) is 44.5 Å². The second kappa shape index (κ2) is 8.33. The van der Waals surface area contributed by atoms with Crippen LogP contribution in [0.15, 0.2) is 30.3 Å². The van der Waals surface area contributed by atoms with Crippen molar-refractivity contribution < 1.29 is 19.5 Å². The molecule has 1 aromatic carbocycles. The molecule has 0 bridgehead atoms. The van der Waals surface area contributed by atoms with Crippen LogP contribution in [-0.2, 0) is 22.6 Å². The monoisotopic (exact) mass is 357 g/mol. The van der Waals surface area contributed by atoms with Crippen LogP contribution in [-0.4, -0.2) is 34.0 Å². The third-order valence-electron chi connectivity index (χ3n) is 4.15. The highest BCUT2D eigenvalue weighted by atomic mass is 16.4. The zero-order chi connectivity index (χ0) is 19.3. The minimum atomic E-state index is -1.08. The summed E-state index contributed by atoms with van der Waals surface area (Å²) in [5, 5.41) is 13.7. The molecular weight excluding hydrogens is 334 g/mol. The second-order valence-corrected chi connectivity index (χ2v) is 6.03. The maximum absolute atomic E-state index is 12.5. The van der Waals surface area contributed by atoms with Crippen molar-refractivity contribution >= 4 is 23.5 Å². The number of nitrogens with zero attached hydrogens (tertiary/aromatic N) is 1. The Balaban J connectivity index is 1.99. The maximum atomic E-state index is 12.5. The van der Waals surface area contributed by atoms with Crippen LogP contribution in [0.3, 0.4) is 0 Å². The maximum Gasteiger partial charge on any atom is 0.322 e. The first-order chi connectivity index (χ1) is 12.3. The first-order valence-corrected chi connectivity index (χ1v) is 8.37. The van der Waals surface area contributed by atoms with Crippen LogP contribution < -0.4 is 10.6 Å². The molecule has 0 radical (unpaired) electrons. The Morgan fingerprint density at radius 2 is 1.77 bits per heavy atom. The van der Waals surface area contributed by atoms with Crippen molar-refractivity contribution in [3.05, 3.63) is 52.8 Å². The average Bonchev–Trinajstić information content (AvgIpc) is 2.88. The van der Waals surface area contributed by atoms with Gasteiger partial charge in [-0.3, -0.25) is 14.4 Å². The third kappa shape index (κ3) is 4.72. The van der Waals surface area contributed by atoms with Crippen LogP contribution >= 0.6 is 0 Å². The lowest BCUT2D eigenvalue weighted by Crippen LogP contribution is -2.30. The summed E-state index contributed by atoms with van der Waals surface area (Å²) in [5.74, 6) is -1.63. The number of rotatable bonds is 7. The fraction of sp³-hybridized carbons (Fsp3) is 0.316. The van der Waals surface area contributed by atoms with Gasteiger partial charge in [-0.1, -0.05) is 12.1 Å². The predicted molar refractivity (Wildman–Crippen MR) is 98.3 cm³/mol. The van der Waals surface area contributed by atoms with Crippen LogP contribution in [0.1, 0.15) is 34.2 Å². The van der Waals surface area contributed by atoms with E-state index in [0.717, 1.165) is 23.5 Å². The van der Waals surface area contributed by atoms with Gasteiger partial charge in [0.05, 0.1) is 12.0 Å². The van der Waals surface area contributed by atoms with Crippen LogP contribution in [0.2, 0.25) is 0 Å². The smallest absolute Gasteiger partial charge is 0.322 e. The van der Waals surface area contributed by atoms with Gasteiger partial charge in [0.2, 0.25) is 5.91 Å². The van der Waals surface area contributed by atoms with E-state index in [1.54, 1.807) is 24.3 Å². The number of aliphatic carboxylic acids is 1. The van der Waals surface area contributed by atoms with Crippen molar-refractivity contribution in [2.24, 2.45) is 0 Å². The van der Waals surface area contributed by atoms with E-state index in [0.29, 0.717) is 11.3 Å². The summed E-state index contributed by atoms with van der Waals surface area (Å²) in [6.07, 6.45) is 0.0825. The minimum absolute atomic E-state index is 0.0825. The third-order valence-corrected chi connectivity index (χ3v) is 4.15. The van der Waals surface area contributed by atoms with Gasteiger partial charge in [0, 0.05) is 23.6 Å². The highest BCUT2D eigenvalue weighted by Gasteiger charge is 2.15. The number of carbonyl (C=O) groups excluding carboxylic acids is 2. The molecule has 2 aromatic rings. The number of carbonyl (C=O) groups is 3. The van der Waals surface area contributed by atoms with Gasteiger partial charge in [0.15, 0.2) is 0 Å². The molecule has 0 fully saturated rings. The lowest BCUT2D eigenvalue weighted by molar-refractivity contribution is -0.137. The molecule has 1 aromatic heterocycles. The lowest BCUT2D eigenvalue weighted by atomic mass is 10.1. The van der Waals surface area contributed by atoms with Gasteiger partial charge in [0.1, 0.15) is 6.54 Å². The first-order valence-electron chi connectivity index (χ1n) is 8.37. The Morgan fingerprint density at radius 1 is 1.12 bits per heavy atom. The lowest BCUT2D eigenvalue weighted by Gasteiger charge is -2.08. The minimum Gasteiger partial charge on any atom is -0.480 e. The Morgan fingerprint density at radius 3 is 2.31 bits per heavy atom. The average molecular weight is 357 g/mol. The van der Waals surface area contributed by atoms with Crippen molar-refractivity contribution in [3.8, 4) is 0 Å². The van der Waals surface area contributed by atoms with Gasteiger partial charge in [0.25, 0.3) is 5.91 Å². The molecule has 0 aliphatic carbocycles. The molecule has 0 unspecified atom stereocenters. The number of hydrogen-bond donors (Lipinski definition) is 3. The standard InChI is InChI=1S/C19H23N3O4/c1-4-22-12(2)9-16(13(22)3)19(26)21-15-7-5-14(6-8-15)10-17(23)20-11-18(24)25/h5-9H,4,10-11H2,1-3H3,(H,20,23)(H,21,26)(H,24,25). The molecule has 138 valence electrons. The second-order valence-electron chi connectivity index (χ2n) is 6.03. The van der Waals surface area contributed by atoms with Crippen LogP contribution in [0, 0.1) is 13.8 Å². The van der Waals surface area contributed by atoms with Crippen molar-refractivity contribution in [1.82, 2.24) is 9.88 Å². The van der Waals surface area contributed by atoms with Crippen molar-refractivity contribution in [1.29, 1.82) is 0 Å². The van der Waals surface area contributed by atoms with Crippen molar-refractivity contribution in [3.63, 3.8) is 0 Å². The van der Waals surface area contributed by atoms with E-state index in [9.17, 15) is 14.4 Å². The Labute approximate surface area is 152 Å². The molecule has 2 rings (SSSR count). The number of carboxylic acid groups (broad SMARTS) is 1. The van der Waals surface area contributed by atoms with Gasteiger partial charge >= 0.3 is 5.97 Å². The molecule has 0 atom stereocenters. The van der Waals surface area contributed by atoms with E-state index >= 15 is 0 Å². The topological polar surface area (TPSA) is 100 Å². The summed E-state index contributed by atoms with van der Waals surface area (Å²) < 4.78 is 2.08. The van der Waals surface area contributed by atoms with Crippen LogP contribution in [0.4, 0.5) is 5.69 Å². The fourth-order valence-corrected chi connectivity index (χ4v) is 2.84. The molecule has 0 saturated carbocycles. The first kappa shape index (κ1) is 19.2. The van der Waals surface area contributed by atoms with E-state index in [-0.39, 0.29) is 18.2 Å². The molecule has 2 amide bonds. The summed E-state index contributed by atoms with van der Waals surface area (Å²) in [6.45, 7) is 6.33.